The first kappa shape index (κ1) is 21.8. The molecule has 2 aromatic carbocycles. The monoisotopic (exact) mass is 420 g/mol. The van der Waals surface area contributed by atoms with Crippen LogP contribution in [0, 0.1) is 13.8 Å². The average Bonchev–Trinajstić information content (AvgIpc) is 3.02. The van der Waals surface area contributed by atoms with Crippen LogP contribution < -0.4 is 15.4 Å². The van der Waals surface area contributed by atoms with Crippen molar-refractivity contribution < 1.29 is 19.1 Å². The fourth-order valence-corrected chi connectivity index (χ4v) is 2.98. The average molecular weight is 420 g/mol. The van der Waals surface area contributed by atoms with E-state index in [0.29, 0.717) is 28.3 Å². The van der Waals surface area contributed by atoms with Gasteiger partial charge in [-0.05, 0) is 38.1 Å². The maximum absolute atomic E-state index is 12.4. The largest absolute Gasteiger partial charge is 0.484 e. The van der Waals surface area contributed by atoms with Crippen LogP contribution >= 0.6 is 0 Å². The molecule has 8 heteroatoms. The summed E-state index contributed by atoms with van der Waals surface area (Å²) in [5.41, 5.74) is 3.31. The van der Waals surface area contributed by atoms with E-state index in [1.165, 1.54) is 0 Å². The molecule has 0 aliphatic rings. The van der Waals surface area contributed by atoms with E-state index in [-0.39, 0.29) is 24.8 Å². The Kier molecular flexibility index (Phi) is 6.81. The molecule has 2 amide bonds. The van der Waals surface area contributed by atoms with Crippen molar-refractivity contribution in [3.63, 3.8) is 0 Å². The van der Waals surface area contributed by atoms with Gasteiger partial charge in [-0.25, -0.2) is 0 Å². The molecule has 0 unspecified atom stereocenters. The molecule has 160 valence electrons. The van der Waals surface area contributed by atoms with Crippen molar-refractivity contribution in [1.82, 2.24) is 15.1 Å². The van der Waals surface area contributed by atoms with Crippen molar-refractivity contribution in [3.8, 4) is 5.75 Å². The van der Waals surface area contributed by atoms with Gasteiger partial charge in [0.25, 0.3) is 5.91 Å². The number of hydrogen-bond donors (Lipinski definition) is 2. The number of aromatic nitrogens is 2. The molecule has 3 aromatic rings. The molecule has 0 aliphatic heterocycles. The summed E-state index contributed by atoms with van der Waals surface area (Å²) in [6.07, 6.45) is 0. The number of aryl methyl sites for hydroxylation is 2. The van der Waals surface area contributed by atoms with Crippen molar-refractivity contribution in [3.05, 3.63) is 77.1 Å². The number of ketones is 1. The smallest absolute Gasteiger partial charge is 0.258 e. The summed E-state index contributed by atoms with van der Waals surface area (Å²) < 4.78 is 7.11. The first-order chi connectivity index (χ1) is 14.8. The maximum atomic E-state index is 12.4. The number of carbonyl (C=O) groups excluding carboxylic acids is 3. The molecule has 1 heterocycles. The minimum atomic E-state index is -0.431. The molecule has 0 atom stereocenters. The molecule has 0 bridgehead atoms. The van der Waals surface area contributed by atoms with Gasteiger partial charge in [0.2, 0.25) is 5.91 Å². The van der Waals surface area contributed by atoms with Crippen molar-refractivity contribution in [2.75, 3.05) is 18.5 Å². The van der Waals surface area contributed by atoms with Gasteiger partial charge in [-0.2, -0.15) is 5.10 Å². The summed E-state index contributed by atoms with van der Waals surface area (Å²) in [5, 5.41) is 9.49. The summed E-state index contributed by atoms with van der Waals surface area (Å²) in [4.78, 5) is 36.5. The van der Waals surface area contributed by atoms with E-state index in [1.54, 1.807) is 55.1 Å². The van der Waals surface area contributed by atoms with E-state index in [1.807, 2.05) is 25.1 Å². The lowest BCUT2D eigenvalue weighted by Crippen LogP contribution is -2.35. The maximum Gasteiger partial charge on any atom is 0.258 e. The van der Waals surface area contributed by atoms with Crippen LogP contribution in [0.25, 0.3) is 0 Å². The van der Waals surface area contributed by atoms with E-state index in [4.69, 9.17) is 4.74 Å². The van der Waals surface area contributed by atoms with Crippen molar-refractivity contribution in [2.24, 2.45) is 7.05 Å². The highest BCUT2D eigenvalue weighted by Gasteiger charge is 2.13. The summed E-state index contributed by atoms with van der Waals surface area (Å²) in [7, 11) is 1.79. The number of nitrogens with zero attached hydrogens (tertiary/aromatic N) is 2. The third-order valence-corrected chi connectivity index (χ3v) is 4.74. The zero-order chi connectivity index (χ0) is 22.4. The molecule has 0 spiro atoms. The highest BCUT2D eigenvalue weighted by atomic mass is 16.5. The van der Waals surface area contributed by atoms with Gasteiger partial charge in [0.15, 0.2) is 12.4 Å². The quantitative estimate of drug-likeness (QED) is 0.545. The van der Waals surface area contributed by atoms with E-state index in [2.05, 4.69) is 15.7 Å². The third kappa shape index (κ3) is 5.57. The lowest BCUT2D eigenvalue weighted by Gasteiger charge is -2.09. The SMILES string of the molecule is Cc1nn(C)c(C)c1NC(=O)CNC(=O)COc1ccc(C(=O)c2ccccc2)cc1. The van der Waals surface area contributed by atoms with Crippen LogP contribution in [-0.4, -0.2) is 40.5 Å². The molecule has 0 saturated carbocycles. The topological polar surface area (TPSA) is 102 Å². The third-order valence-electron chi connectivity index (χ3n) is 4.74. The van der Waals surface area contributed by atoms with Gasteiger partial charge in [-0.3, -0.25) is 19.1 Å². The highest BCUT2D eigenvalue weighted by Crippen LogP contribution is 2.18. The lowest BCUT2D eigenvalue weighted by atomic mass is 10.0. The molecular formula is C23H24N4O4. The normalized spacial score (nSPS) is 10.4. The molecule has 31 heavy (non-hydrogen) atoms. The lowest BCUT2D eigenvalue weighted by molar-refractivity contribution is -0.125. The zero-order valence-electron chi connectivity index (χ0n) is 17.6. The first-order valence-electron chi connectivity index (χ1n) is 9.74. The van der Waals surface area contributed by atoms with Crippen LogP contribution in [0.4, 0.5) is 5.69 Å². The van der Waals surface area contributed by atoms with Gasteiger partial charge in [-0.15, -0.1) is 0 Å². The minimum absolute atomic E-state index is 0.0880. The number of rotatable bonds is 8. The highest BCUT2D eigenvalue weighted by molar-refractivity contribution is 6.09. The first-order valence-corrected chi connectivity index (χ1v) is 9.74. The fraction of sp³-hybridized carbons (Fsp3) is 0.217. The second-order valence-corrected chi connectivity index (χ2v) is 7.00. The Morgan fingerprint density at radius 3 is 2.19 bits per heavy atom. The molecule has 2 N–H and O–H groups in total. The fourth-order valence-electron chi connectivity index (χ4n) is 2.98. The Bertz CT molecular complexity index is 1090. The van der Waals surface area contributed by atoms with Gasteiger partial charge in [-0.1, -0.05) is 30.3 Å². The Morgan fingerprint density at radius 2 is 1.58 bits per heavy atom. The van der Waals surface area contributed by atoms with E-state index < -0.39 is 5.91 Å². The van der Waals surface area contributed by atoms with Crippen LogP contribution in [-0.2, 0) is 16.6 Å². The number of anilines is 1. The van der Waals surface area contributed by atoms with Gasteiger partial charge in [0.1, 0.15) is 5.75 Å². The number of amides is 2. The minimum Gasteiger partial charge on any atom is -0.484 e. The molecule has 3 rings (SSSR count). The van der Waals surface area contributed by atoms with Crippen molar-refractivity contribution in [2.45, 2.75) is 13.8 Å². The summed E-state index contributed by atoms with van der Waals surface area (Å²) in [6.45, 7) is 3.22. The number of carbonyl (C=O) groups is 3. The predicted octanol–water partition coefficient (Wildman–Crippen LogP) is 2.40. The predicted molar refractivity (Wildman–Crippen MR) is 116 cm³/mol. The Hall–Kier alpha value is -3.94. The van der Waals surface area contributed by atoms with Gasteiger partial charge in [0, 0.05) is 18.2 Å². The van der Waals surface area contributed by atoms with Crippen LogP contribution in [0.5, 0.6) is 5.75 Å². The van der Waals surface area contributed by atoms with Gasteiger partial charge < -0.3 is 15.4 Å². The van der Waals surface area contributed by atoms with Crippen LogP contribution in [0.1, 0.15) is 27.3 Å². The summed E-state index contributed by atoms with van der Waals surface area (Å²) in [5.74, 6) is -0.420. The van der Waals surface area contributed by atoms with E-state index in [0.717, 1.165) is 5.69 Å². The number of hydrogen-bond acceptors (Lipinski definition) is 5. The Balaban J connectivity index is 1.45. The molecular weight excluding hydrogens is 396 g/mol. The molecule has 0 saturated heterocycles. The molecule has 0 aliphatic carbocycles. The van der Waals surface area contributed by atoms with Crippen molar-refractivity contribution in [1.29, 1.82) is 0 Å². The molecule has 0 fully saturated rings. The van der Waals surface area contributed by atoms with Crippen molar-refractivity contribution >= 4 is 23.3 Å². The van der Waals surface area contributed by atoms with Crippen LogP contribution in [0.2, 0.25) is 0 Å². The number of nitrogens with one attached hydrogen (secondary N) is 2. The standard InChI is InChI=1S/C23H24N4O4/c1-15-22(16(2)27(3)26-15)25-20(28)13-24-21(29)14-31-19-11-9-18(10-12-19)23(30)17-7-5-4-6-8-17/h4-12H,13-14H2,1-3H3,(H,24,29)(H,25,28). The molecule has 0 radical (unpaired) electrons. The number of ether oxygens (including phenoxy) is 1. The number of benzene rings is 2. The Morgan fingerprint density at radius 1 is 0.935 bits per heavy atom. The Labute approximate surface area is 180 Å². The van der Waals surface area contributed by atoms with Gasteiger partial charge in [0.05, 0.1) is 23.6 Å². The zero-order valence-corrected chi connectivity index (χ0v) is 17.6. The second-order valence-electron chi connectivity index (χ2n) is 7.00. The molecule has 8 nitrogen and oxygen atoms in total. The van der Waals surface area contributed by atoms with E-state index in [9.17, 15) is 14.4 Å². The van der Waals surface area contributed by atoms with Crippen LogP contribution in [0.15, 0.2) is 54.6 Å². The second kappa shape index (κ2) is 9.71. The summed E-state index contributed by atoms with van der Waals surface area (Å²) in [6, 6.07) is 15.5. The van der Waals surface area contributed by atoms with E-state index >= 15 is 0 Å². The summed E-state index contributed by atoms with van der Waals surface area (Å²) >= 11 is 0. The van der Waals surface area contributed by atoms with Crippen LogP contribution in [0.3, 0.4) is 0 Å². The van der Waals surface area contributed by atoms with Gasteiger partial charge >= 0.3 is 0 Å². The molecule has 1 aromatic heterocycles.